The lowest BCUT2D eigenvalue weighted by Crippen LogP contribution is -2.30. The molecule has 0 atom stereocenters. The van der Waals surface area contributed by atoms with Gasteiger partial charge in [-0.15, -0.1) is 0 Å². The van der Waals surface area contributed by atoms with Crippen molar-refractivity contribution in [1.82, 2.24) is 4.98 Å². The zero-order valence-corrected chi connectivity index (χ0v) is 13.6. The van der Waals surface area contributed by atoms with E-state index in [4.69, 9.17) is 9.47 Å². The van der Waals surface area contributed by atoms with Crippen molar-refractivity contribution in [3.05, 3.63) is 47.7 Å². The molecule has 0 unspecified atom stereocenters. The van der Waals surface area contributed by atoms with Crippen LogP contribution in [0.4, 0.5) is 5.82 Å². The van der Waals surface area contributed by atoms with Gasteiger partial charge in [-0.2, -0.15) is 0 Å². The number of ether oxygens (including phenoxy) is 2. The molecule has 0 bridgehead atoms. The van der Waals surface area contributed by atoms with Gasteiger partial charge in [0.15, 0.2) is 11.5 Å². The van der Waals surface area contributed by atoms with Gasteiger partial charge < -0.3 is 14.4 Å². The maximum absolute atomic E-state index is 5.50. The van der Waals surface area contributed by atoms with Crippen LogP contribution in [0.2, 0.25) is 0 Å². The number of benzene rings is 1. The average Bonchev–Trinajstić information content (AvgIpc) is 3.13. The maximum atomic E-state index is 5.50. The molecule has 1 fully saturated rings. The van der Waals surface area contributed by atoms with E-state index in [0.29, 0.717) is 6.54 Å². The van der Waals surface area contributed by atoms with Crippen molar-refractivity contribution in [3.63, 3.8) is 0 Å². The van der Waals surface area contributed by atoms with E-state index in [1.807, 2.05) is 30.6 Å². The summed E-state index contributed by atoms with van der Waals surface area (Å²) in [4.78, 5) is 11.4. The minimum Gasteiger partial charge on any atom is -0.454 e. The van der Waals surface area contributed by atoms with Crippen molar-refractivity contribution in [2.75, 3.05) is 24.8 Å². The van der Waals surface area contributed by atoms with Gasteiger partial charge in [0.05, 0.1) is 6.54 Å². The number of aromatic nitrogens is 1. The van der Waals surface area contributed by atoms with Crippen LogP contribution in [0.25, 0.3) is 0 Å². The first kappa shape index (κ1) is 15.0. The molecule has 0 saturated carbocycles. The quantitative estimate of drug-likeness (QED) is 0.809. The fourth-order valence-electron chi connectivity index (χ4n) is 3.15. The van der Waals surface area contributed by atoms with Crippen molar-refractivity contribution < 1.29 is 9.47 Å². The molecule has 2 aromatic rings. The SMILES string of the molecule is C(=N\Cc1cccc2c1OCO2)/c1ccc(N2CCCCC2)nc1. The summed E-state index contributed by atoms with van der Waals surface area (Å²) >= 11 is 0. The van der Waals surface area contributed by atoms with Gasteiger partial charge in [0.25, 0.3) is 0 Å². The van der Waals surface area contributed by atoms with Crippen LogP contribution < -0.4 is 14.4 Å². The lowest BCUT2D eigenvalue weighted by atomic mass is 10.1. The van der Waals surface area contributed by atoms with Crippen LogP contribution in [0.5, 0.6) is 11.5 Å². The summed E-state index contributed by atoms with van der Waals surface area (Å²) in [7, 11) is 0. The average molecular weight is 323 g/mol. The van der Waals surface area contributed by atoms with Gasteiger partial charge in [-0.3, -0.25) is 4.99 Å². The second kappa shape index (κ2) is 6.91. The molecule has 124 valence electrons. The summed E-state index contributed by atoms with van der Waals surface area (Å²) in [5.74, 6) is 2.68. The molecule has 0 N–H and O–H groups in total. The number of hydrogen-bond acceptors (Lipinski definition) is 5. The largest absolute Gasteiger partial charge is 0.454 e. The molecule has 1 aromatic heterocycles. The van der Waals surface area contributed by atoms with Crippen LogP contribution in [-0.4, -0.2) is 31.1 Å². The van der Waals surface area contributed by atoms with Crippen LogP contribution in [0, 0.1) is 0 Å². The number of rotatable bonds is 4. The second-order valence-electron chi connectivity index (χ2n) is 6.12. The highest BCUT2D eigenvalue weighted by Gasteiger charge is 2.16. The molecule has 24 heavy (non-hydrogen) atoms. The van der Waals surface area contributed by atoms with Gasteiger partial charge in [0.2, 0.25) is 6.79 Å². The smallest absolute Gasteiger partial charge is 0.231 e. The molecule has 1 saturated heterocycles. The number of piperidine rings is 1. The zero-order valence-electron chi connectivity index (χ0n) is 13.6. The van der Waals surface area contributed by atoms with Crippen LogP contribution in [0.15, 0.2) is 41.5 Å². The summed E-state index contributed by atoms with van der Waals surface area (Å²) in [5.41, 5.74) is 2.06. The predicted octanol–water partition coefficient (Wildman–Crippen LogP) is 3.42. The van der Waals surface area contributed by atoms with Gasteiger partial charge in [0, 0.05) is 36.6 Å². The Balaban J connectivity index is 1.40. The second-order valence-corrected chi connectivity index (χ2v) is 6.12. The molecule has 2 aliphatic rings. The molecule has 5 heteroatoms. The molecule has 0 spiro atoms. The third-order valence-electron chi connectivity index (χ3n) is 4.43. The Bertz CT molecular complexity index is 722. The Kier molecular flexibility index (Phi) is 4.32. The van der Waals surface area contributed by atoms with Crippen molar-refractivity contribution in [3.8, 4) is 11.5 Å². The first-order valence-corrected chi connectivity index (χ1v) is 8.48. The molecular weight excluding hydrogens is 302 g/mol. The van der Waals surface area contributed by atoms with E-state index < -0.39 is 0 Å². The third kappa shape index (κ3) is 3.20. The number of aliphatic imine (C=N–C) groups is 1. The van der Waals surface area contributed by atoms with Crippen molar-refractivity contribution in [2.45, 2.75) is 25.8 Å². The van der Waals surface area contributed by atoms with E-state index in [1.165, 1.54) is 19.3 Å². The molecule has 0 aliphatic carbocycles. The Morgan fingerprint density at radius 3 is 2.83 bits per heavy atom. The van der Waals surface area contributed by atoms with Crippen LogP contribution in [0.1, 0.15) is 30.4 Å². The van der Waals surface area contributed by atoms with Crippen LogP contribution in [0.3, 0.4) is 0 Å². The summed E-state index contributed by atoms with van der Waals surface area (Å²) < 4.78 is 10.9. The highest BCUT2D eigenvalue weighted by molar-refractivity contribution is 5.79. The molecule has 5 nitrogen and oxygen atoms in total. The number of nitrogens with zero attached hydrogens (tertiary/aromatic N) is 3. The highest BCUT2D eigenvalue weighted by atomic mass is 16.7. The summed E-state index contributed by atoms with van der Waals surface area (Å²) in [5, 5.41) is 0. The van der Waals surface area contributed by atoms with Crippen molar-refractivity contribution in [1.29, 1.82) is 0 Å². The molecule has 4 rings (SSSR count). The maximum Gasteiger partial charge on any atom is 0.231 e. The summed E-state index contributed by atoms with van der Waals surface area (Å²) in [6.07, 6.45) is 7.61. The number of para-hydroxylation sites is 1. The van der Waals surface area contributed by atoms with E-state index in [1.54, 1.807) is 0 Å². The van der Waals surface area contributed by atoms with Crippen molar-refractivity contribution in [2.24, 2.45) is 4.99 Å². The van der Waals surface area contributed by atoms with Crippen molar-refractivity contribution >= 4 is 12.0 Å². The minimum atomic E-state index is 0.290. The first-order chi connectivity index (χ1) is 11.9. The first-order valence-electron chi connectivity index (χ1n) is 8.48. The number of pyridine rings is 1. The van der Waals surface area contributed by atoms with Gasteiger partial charge in [-0.25, -0.2) is 4.98 Å². The fraction of sp³-hybridized carbons (Fsp3) is 0.368. The molecule has 0 amide bonds. The lowest BCUT2D eigenvalue weighted by molar-refractivity contribution is 0.173. The molecule has 3 heterocycles. The Morgan fingerprint density at radius 2 is 2.00 bits per heavy atom. The van der Waals surface area contributed by atoms with Gasteiger partial charge in [-0.1, -0.05) is 12.1 Å². The van der Waals surface area contributed by atoms with Gasteiger partial charge in [-0.05, 0) is 37.5 Å². The number of fused-ring (bicyclic) bond motifs is 1. The zero-order chi connectivity index (χ0) is 16.2. The Labute approximate surface area is 141 Å². The summed E-state index contributed by atoms with van der Waals surface area (Å²) in [6, 6.07) is 10.1. The van der Waals surface area contributed by atoms with Crippen LogP contribution in [-0.2, 0) is 6.54 Å². The molecule has 2 aliphatic heterocycles. The fourth-order valence-corrected chi connectivity index (χ4v) is 3.15. The number of anilines is 1. The molecular formula is C19H21N3O2. The minimum absolute atomic E-state index is 0.290. The van der Waals surface area contributed by atoms with Gasteiger partial charge >= 0.3 is 0 Å². The normalized spacial score (nSPS) is 16.8. The van der Waals surface area contributed by atoms with E-state index >= 15 is 0 Å². The van der Waals surface area contributed by atoms with E-state index in [2.05, 4.69) is 27.0 Å². The van der Waals surface area contributed by atoms with E-state index in [9.17, 15) is 0 Å². The van der Waals surface area contributed by atoms with Gasteiger partial charge in [0.1, 0.15) is 5.82 Å². The Hall–Kier alpha value is -2.56. The predicted molar refractivity (Wildman–Crippen MR) is 94.2 cm³/mol. The Morgan fingerprint density at radius 1 is 1.08 bits per heavy atom. The number of hydrogen-bond donors (Lipinski definition) is 0. The summed E-state index contributed by atoms with van der Waals surface area (Å²) in [6.45, 7) is 3.08. The molecule has 1 aromatic carbocycles. The third-order valence-corrected chi connectivity index (χ3v) is 4.43. The lowest BCUT2D eigenvalue weighted by Gasteiger charge is -2.27. The van der Waals surface area contributed by atoms with E-state index in [0.717, 1.165) is 41.5 Å². The standard InChI is InChI=1S/C19H21N3O2/c1-2-9-22(10-3-1)18-8-7-15(12-21-18)11-20-13-16-5-4-6-17-19(16)24-14-23-17/h4-8,11-12H,1-3,9-10,13-14H2/b20-11+. The molecule has 0 radical (unpaired) electrons. The van der Waals surface area contributed by atoms with E-state index in [-0.39, 0.29) is 6.79 Å². The topological polar surface area (TPSA) is 47.0 Å². The highest BCUT2D eigenvalue weighted by Crippen LogP contribution is 2.35. The van der Waals surface area contributed by atoms with Crippen LogP contribution >= 0.6 is 0 Å². The monoisotopic (exact) mass is 323 g/mol.